The lowest BCUT2D eigenvalue weighted by molar-refractivity contribution is -0.122. The van der Waals surface area contributed by atoms with Gasteiger partial charge in [0.1, 0.15) is 12.2 Å². The van der Waals surface area contributed by atoms with Gasteiger partial charge in [0.2, 0.25) is 0 Å². The Balaban J connectivity index is 1.44. The highest BCUT2D eigenvalue weighted by atomic mass is 35.5. The van der Waals surface area contributed by atoms with Crippen molar-refractivity contribution in [3.63, 3.8) is 0 Å². The number of anilines is 1. The van der Waals surface area contributed by atoms with Crippen LogP contribution in [0.1, 0.15) is 11.1 Å². The summed E-state index contributed by atoms with van der Waals surface area (Å²) in [5, 5.41) is 5.01. The second-order valence-corrected chi connectivity index (χ2v) is 9.24. The van der Waals surface area contributed by atoms with Crippen LogP contribution in [0.4, 0.5) is 10.5 Å². The zero-order valence-electron chi connectivity index (χ0n) is 20.0. The molecule has 0 bridgehead atoms. The molecule has 0 spiro atoms. The third-order valence-corrected chi connectivity index (χ3v) is 6.53. The average Bonchev–Trinajstić information content (AvgIpc) is 2.91. The molecule has 1 saturated heterocycles. The van der Waals surface area contributed by atoms with Gasteiger partial charge in [0.15, 0.2) is 11.5 Å². The van der Waals surface area contributed by atoms with E-state index in [1.165, 1.54) is 25.3 Å². The Morgan fingerprint density at radius 2 is 1.66 bits per heavy atom. The Morgan fingerprint density at radius 1 is 0.921 bits per heavy atom. The molecule has 1 fully saturated rings. The van der Waals surface area contributed by atoms with Crippen molar-refractivity contribution in [2.75, 3.05) is 12.0 Å². The van der Waals surface area contributed by atoms with Gasteiger partial charge in [0.05, 0.1) is 17.8 Å². The summed E-state index contributed by atoms with van der Waals surface area (Å²) in [6.45, 7) is 0.247. The summed E-state index contributed by atoms with van der Waals surface area (Å²) in [4.78, 5) is 39.0. The maximum Gasteiger partial charge on any atom is 0.335 e. The van der Waals surface area contributed by atoms with E-state index in [4.69, 9.17) is 32.7 Å². The van der Waals surface area contributed by atoms with Crippen LogP contribution in [0.5, 0.6) is 11.5 Å². The Labute approximate surface area is 228 Å². The first-order chi connectivity index (χ1) is 18.4. The van der Waals surface area contributed by atoms with Gasteiger partial charge < -0.3 is 9.47 Å². The number of benzene rings is 4. The van der Waals surface area contributed by atoms with Crippen molar-refractivity contribution >= 4 is 63.6 Å². The number of ether oxygens (including phenoxy) is 2. The topological polar surface area (TPSA) is 84.9 Å². The Morgan fingerprint density at radius 3 is 2.42 bits per heavy atom. The number of rotatable bonds is 6. The minimum absolute atomic E-state index is 0.228. The summed E-state index contributed by atoms with van der Waals surface area (Å²) in [6, 6.07) is 22.3. The lowest BCUT2D eigenvalue weighted by Crippen LogP contribution is -2.54. The number of hydrogen-bond acceptors (Lipinski definition) is 5. The number of methoxy groups -OCH3 is 1. The van der Waals surface area contributed by atoms with Crippen LogP contribution in [0, 0.1) is 0 Å². The lowest BCUT2D eigenvalue weighted by atomic mass is 10.1. The summed E-state index contributed by atoms with van der Waals surface area (Å²) in [6.07, 6.45) is 1.34. The van der Waals surface area contributed by atoms with E-state index in [2.05, 4.69) is 5.32 Å². The van der Waals surface area contributed by atoms with Crippen LogP contribution in [0.15, 0.2) is 84.4 Å². The smallest absolute Gasteiger partial charge is 0.335 e. The second-order valence-electron chi connectivity index (χ2n) is 8.40. The number of carbonyl (C=O) groups excluding carboxylic acids is 3. The first kappa shape index (κ1) is 25.3. The highest BCUT2D eigenvalue weighted by molar-refractivity contribution is 6.39. The predicted octanol–water partition coefficient (Wildman–Crippen LogP) is 6.40. The molecule has 1 N–H and O–H groups in total. The molecule has 7 nitrogen and oxygen atoms in total. The highest BCUT2D eigenvalue weighted by Crippen LogP contribution is 2.38. The number of carbonyl (C=O) groups is 3. The van der Waals surface area contributed by atoms with E-state index < -0.39 is 17.8 Å². The fourth-order valence-electron chi connectivity index (χ4n) is 4.18. The standard InChI is InChI=1S/C29H20Cl2N2O5/c1-37-25-15-17(13-23-27(34)32-29(36)33(28(23)35)21-11-9-20(30)10-12-21)14-24(31)26(25)38-16-19-7-4-6-18-5-2-3-8-22(18)19/h2-15H,16H2,1H3,(H,32,34,36)/b23-13+. The summed E-state index contributed by atoms with van der Waals surface area (Å²) >= 11 is 12.5. The molecule has 9 heteroatoms. The molecular formula is C29H20Cl2N2O5. The van der Waals surface area contributed by atoms with Gasteiger partial charge in [-0.25, -0.2) is 9.69 Å². The second kappa shape index (κ2) is 10.6. The maximum absolute atomic E-state index is 13.2. The van der Waals surface area contributed by atoms with Gasteiger partial charge in [-0.1, -0.05) is 65.7 Å². The number of amides is 4. The largest absolute Gasteiger partial charge is 0.493 e. The van der Waals surface area contributed by atoms with Crippen molar-refractivity contribution in [3.8, 4) is 11.5 Å². The SMILES string of the molecule is COc1cc(/C=C2\C(=O)NC(=O)N(c3ccc(Cl)cc3)C2=O)cc(Cl)c1OCc1cccc2ccccc12. The van der Waals surface area contributed by atoms with Crippen LogP contribution in [0.3, 0.4) is 0 Å². The lowest BCUT2D eigenvalue weighted by Gasteiger charge is -2.26. The number of halogens is 2. The Bertz CT molecular complexity index is 1610. The minimum Gasteiger partial charge on any atom is -0.493 e. The summed E-state index contributed by atoms with van der Waals surface area (Å²) in [5.74, 6) is -0.968. The van der Waals surface area contributed by atoms with Gasteiger partial charge >= 0.3 is 6.03 Å². The summed E-state index contributed by atoms with van der Waals surface area (Å²) in [7, 11) is 1.47. The molecule has 1 aliphatic rings. The summed E-state index contributed by atoms with van der Waals surface area (Å²) in [5.41, 5.74) is 1.40. The Hall–Kier alpha value is -4.33. The normalized spacial score (nSPS) is 14.7. The maximum atomic E-state index is 13.2. The van der Waals surface area contributed by atoms with Crippen molar-refractivity contribution in [1.29, 1.82) is 0 Å². The fourth-order valence-corrected chi connectivity index (χ4v) is 4.58. The third kappa shape index (κ3) is 4.94. The average molecular weight is 547 g/mol. The predicted molar refractivity (Wildman–Crippen MR) is 147 cm³/mol. The van der Waals surface area contributed by atoms with Crippen LogP contribution in [0.25, 0.3) is 16.8 Å². The van der Waals surface area contributed by atoms with E-state index in [9.17, 15) is 14.4 Å². The monoisotopic (exact) mass is 546 g/mol. The number of barbiturate groups is 1. The van der Waals surface area contributed by atoms with Crippen molar-refractivity contribution in [2.24, 2.45) is 0 Å². The van der Waals surface area contributed by atoms with Gasteiger partial charge in [-0.3, -0.25) is 14.9 Å². The number of urea groups is 1. The van der Waals surface area contributed by atoms with Gasteiger partial charge in [0, 0.05) is 5.02 Å². The van der Waals surface area contributed by atoms with E-state index in [-0.39, 0.29) is 22.9 Å². The van der Waals surface area contributed by atoms with E-state index in [0.717, 1.165) is 21.2 Å². The molecule has 38 heavy (non-hydrogen) atoms. The number of imide groups is 2. The van der Waals surface area contributed by atoms with Crippen molar-refractivity contribution in [3.05, 3.63) is 106 Å². The van der Waals surface area contributed by atoms with Crippen molar-refractivity contribution in [1.82, 2.24) is 5.32 Å². The van der Waals surface area contributed by atoms with Gasteiger partial charge in [0.25, 0.3) is 11.8 Å². The molecule has 4 amide bonds. The molecule has 4 aromatic carbocycles. The highest BCUT2D eigenvalue weighted by Gasteiger charge is 2.36. The van der Waals surface area contributed by atoms with Crippen molar-refractivity contribution in [2.45, 2.75) is 6.61 Å². The number of hydrogen-bond donors (Lipinski definition) is 1. The first-order valence-electron chi connectivity index (χ1n) is 11.5. The molecule has 1 aliphatic heterocycles. The Kier molecular flexibility index (Phi) is 7.05. The molecule has 0 atom stereocenters. The molecule has 0 unspecified atom stereocenters. The molecule has 0 aromatic heterocycles. The zero-order valence-corrected chi connectivity index (χ0v) is 21.5. The molecule has 0 aliphatic carbocycles. The molecule has 1 heterocycles. The fraction of sp³-hybridized carbons (Fsp3) is 0.0690. The van der Waals surface area contributed by atoms with Crippen molar-refractivity contribution < 1.29 is 23.9 Å². The van der Waals surface area contributed by atoms with Gasteiger partial charge in [-0.15, -0.1) is 0 Å². The van der Waals surface area contributed by atoms with Crippen LogP contribution in [0.2, 0.25) is 10.0 Å². The summed E-state index contributed by atoms with van der Waals surface area (Å²) < 4.78 is 11.6. The molecule has 4 aromatic rings. The zero-order chi connectivity index (χ0) is 26.8. The first-order valence-corrected chi connectivity index (χ1v) is 12.3. The van der Waals surface area contributed by atoms with E-state index >= 15 is 0 Å². The van der Waals surface area contributed by atoms with Crippen LogP contribution in [-0.4, -0.2) is 25.0 Å². The number of nitrogens with one attached hydrogen (secondary N) is 1. The van der Waals surface area contributed by atoms with Gasteiger partial charge in [-0.2, -0.15) is 0 Å². The molecule has 190 valence electrons. The van der Waals surface area contributed by atoms with E-state index in [0.29, 0.717) is 22.1 Å². The minimum atomic E-state index is -0.854. The van der Waals surface area contributed by atoms with Crippen LogP contribution >= 0.6 is 23.2 Å². The number of fused-ring (bicyclic) bond motifs is 1. The van der Waals surface area contributed by atoms with Crippen LogP contribution < -0.4 is 19.7 Å². The molecule has 0 saturated carbocycles. The number of nitrogens with zero attached hydrogens (tertiary/aromatic N) is 1. The van der Waals surface area contributed by atoms with E-state index in [1.54, 1.807) is 24.3 Å². The quantitative estimate of drug-likeness (QED) is 0.223. The molecule has 5 rings (SSSR count). The van der Waals surface area contributed by atoms with Gasteiger partial charge in [-0.05, 0) is 64.4 Å². The van der Waals surface area contributed by atoms with E-state index in [1.807, 2.05) is 42.5 Å². The van der Waals surface area contributed by atoms with Crippen LogP contribution in [-0.2, 0) is 16.2 Å². The third-order valence-electron chi connectivity index (χ3n) is 6.00. The molecule has 0 radical (unpaired) electrons. The molecular weight excluding hydrogens is 527 g/mol.